The first-order chi connectivity index (χ1) is 17.6. The van der Waals surface area contributed by atoms with Crippen LogP contribution in [-0.4, -0.2) is 42.7 Å². The number of primary amides is 1. The summed E-state index contributed by atoms with van der Waals surface area (Å²) in [5.74, 6) is -0.282. The molecule has 0 bridgehead atoms. The van der Waals surface area contributed by atoms with E-state index in [1.54, 1.807) is 6.08 Å². The molecule has 8 nitrogen and oxygen atoms in total. The van der Waals surface area contributed by atoms with Gasteiger partial charge < -0.3 is 26.2 Å². The van der Waals surface area contributed by atoms with Crippen LogP contribution in [0.5, 0.6) is 0 Å². The van der Waals surface area contributed by atoms with Gasteiger partial charge in [-0.15, -0.1) is 0 Å². The van der Waals surface area contributed by atoms with Gasteiger partial charge in [0.05, 0.1) is 22.8 Å². The molecule has 1 aliphatic rings. The van der Waals surface area contributed by atoms with E-state index in [1.165, 1.54) is 6.08 Å². The highest BCUT2D eigenvalue weighted by atomic mass is 16.2. The molecular weight excluding hydrogens is 464 g/mol. The van der Waals surface area contributed by atoms with Crippen molar-refractivity contribution in [2.75, 3.05) is 28.2 Å². The number of rotatable bonds is 10. The monoisotopic (exact) mass is 502 g/mol. The Kier molecular flexibility index (Phi) is 9.11. The minimum absolute atomic E-state index is 0.260. The first-order valence-corrected chi connectivity index (χ1v) is 12.8. The Bertz CT molecular complexity index is 1190. The number of ketones is 1. The zero-order valence-corrected chi connectivity index (χ0v) is 22.6. The fourth-order valence-corrected chi connectivity index (χ4v) is 4.43. The van der Waals surface area contributed by atoms with Crippen molar-refractivity contribution in [2.24, 2.45) is 10.7 Å². The van der Waals surface area contributed by atoms with E-state index < -0.39 is 6.03 Å². The zero-order chi connectivity index (χ0) is 27.1. The normalized spacial score (nSPS) is 14.5. The van der Waals surface area contributed by atoms with E-state index in [0.29, 0.717) is 29.2 Å². The topological polar surface area (TPSA) is 103 Å². The maximum absolute atomic E-state index is 12.8. The molecule has 2 aromatic rings. The average molecular weight is 503 g/mol. The molecule has 0 radical (unpaired) electrons. The number of nitrogens with zero attached hydrogens (tertiary/aromatic N) is 3. The molecule has 8 heteroatoms. The summed E-state index contributed by atoms with van der Waals surface area (Å²) in [4.78, 5) is 33.7. The van der Waals surface area contributed by atoms with Gasteiger partial charge in [0, 0.05) is 48.3 Å². The van der Waals surface area contributed by atoms with Crippen molar-refractivity contribution in [2.45, 2.75) is 53.6 Å². The van der Waals surface area contributed by atoms with Gasteiger partial charge in [-0.05, 0) is 96.1 Å². The number of anilines is 3. The molecule has 196 valence electrons. The number of carbonyl (C=O) groups is 2. The number of nitrogens with one attached hydrogen (secondary N) is 2. The Morgan fingerprint density at radius 1 is 0.838 bits per heavy atom. The summed E-state index contributed by atoms with van der Waals surface area (Å²) in [6.45, 7) is 14.7. The fraction of sp³-hybridized carbons (Fsp3) is 0.345. The maximum Gasteiger partial charge on any atom is 0.316 e. The number of hydrogen-bond donors (Lipinski definition) is 3. The number of allylic oxidation sites excluding steroid dienone is 2. The summed E-state index contributed by atoms with van der Waals surface area (Å²) < 4.78 is 0. The lowest BCUT2D eigenvalue weighted by Gasteiger charge is -2.27. The van der Waals surface area contributed by atoms with Crippen LogP contribution in [0, 0.1) is 0 Å². The average Bonchev–Trinajstić information content (AvgIpc) is 2.84. The molecule has 2 aromatic carbocycles. The Morgan fingerprint density at radius 2 is 1.35 bits per heavy atom. The third kappa shape index (κ3) is 7.00. The maximum atomic E-state index is 12.8. The van der Waals surface area contributed by atoms with Crippen molar-refractivity contribution in [1.82, 2.24) is 5.32 Å². The lowest BCUT2D eigenvalue weighted by Crippen LogP contribution is -2.34. The van der Waals surface area contributed by atoms with E-state index in [0.717, 1.165) is 30.2 Å². The third-order valence-corrected chi connectivity index (χ3v) is 6.19. The highest BCUT2D eigenvalue weighted by molar-refractivity contribution is 6.24. The van der Waals surface area contributed by atoms with Crippen molar-refractivity contribution in [3.8, 4) is 0 Å². The zero-order valence-electron chi connectivity index (χ0n) is 22.6. The van der Waals surface area contributed by atoms with Crippen molar-refractivity contribution in [3.05, 3.63) is 72.1 Å². The molecule has 37 heavy (non-hydrogen) atoms. The summed E-state index contributed by atoms with van der Waals surface area (Å²) in [6.07, 6.45) is 2.97. The van der Waals surface area contributed by atoms with E-state index in [9.17, 15) is 9.59 Å². The van der Waals surface area contributed by atoms with Gasteiger partial charge in [0.25, 0.3) is 0 Å². The molecule has 0 aromatic heterocycles. The molecular formula is C29H38N6O2. The quantitative estimate of drug-likeness (QED) is 0.380. The van der Waals surface area contributed by atoms with Crippen LogP contribution in [0.4, 0.5) is 27.5 Å². The lowest BCUT2D eigenvalue weighted by molar-refractivity contribution is -0.111. The molecule has 0 atom stereocenters. The number of urea groups is 1. The predicted molar refractivity (Wildman–Crippen MR) is 154 cm³/mol. The molecule has 3 rings (SSSR count). The molecule has 0 fully saturated rings. The number of carbonyl (C=O) groups excluding carboxylic acids is 2. The second kappa shape index (κ2) is 12.3. The summed E-state index contributed by atoms with van der Waals surface area (Å²) >= 11 is 0. The van der Waals surface area contributed by atoms with Crippen LogP contribution in [0.2, 0.25) is 0 Å². The summed E-state index contributed by atoms with van der Waals surface area (Å²) in [7, 11) is 0. The Hall–Kier alpha value is -4.07. The van der Waals surface area contributed by atoms with Crippen LogP contribution in [0.1, 0.15) is 41.5 Å². The van der Waals surface area contributed by atoms with Crippen LogP contribution in [0.15, 0.2) is 77.1 Å². The summed E-state index contributed by atoms with van der Waals surface area (Å²) in [5, 5.41) is 5.71. The molecule has 1 aliphatic carbocycles. The standard InChI is InChI=1S/C29H38N6O2/c1-7-34(19(3)4)23-13-9-21(10-14-23)31-25-17-27(28(36)18-26(25)33-29(30)37)32-22-11-15-24(16-12-22)35(8-2)20(5)6/h9-20,32H,7-8H2,1-6H3,(H3,30,33,37)/b31-25-. The second-order valence-corrected chi connectivity index (χ2v) is 9.41. The van der Waals surface area contributed by atoms with Gasteiger partial charge >= 0.3 is 6.03 Å². The van der Waals surface area contributed by atoms with E-state index >= 15 is 0 Å². The van der Waals surface area contributed by atoms with E-state index in [2.05, 4.69) is 62.0 Å². The molecule has 2 amide bonds. The van der Waals surface area contributed by atoms with Crippen molar-refractivity contribution < 1.29 is 9.59 Å². The van der Waals surface area contributed by atoms with Gasteiger partial charge in [0.2, 0.25) is 5.78 Å². The molecule has 4 N–H and O–H groups in total. The first-order valence-electron chi connectivity index (χ1n) is 12.8. The molecule has 0 heterocycles. The lowest BCUT2D eigenvalue weighted by atomic mass is 10.0. The molecule has 0 saturated carbocycles. The fourth-order valence-electron chi connectivity index (χ4n) is 4.43. The van der Waals surface area contributed by atoms with E-state index in [-0.39, 0.29) is 11.5 Å². The molecule has 0 saturated heterocycles. The van der Waals surface area contributed by atoms with Gasteiger partial charge in [-0.1, -0.05) is 0 Å². The van der Waals surface area contributed by atoms with Crippen molar-refractivity contribution in [1.29, 1.82) is 0 Å². The third-order valence-electron chi connectivity index (χ3n) is 6.19. The molecule has 0 unspecified atom stereocenters. The highest BCUT2D eigenvalue weighted by Crippen LogP contribution is 2.25. The number of amides is 2. The first kappa shape index (κ1) is 27.5. The van der Waals surface area contributed by atoms with Gasteiger partial charge in [-0.25, -0.2) is 9.79 Å². The number of hydrogen-bond acceptors (Lipinski definition) is 6. The van der Waals surface area contributed by atoms with Crippen LogP contribution in [-0.2, 0) is 4.79 Å². The summed E-state index contributed by atoms with van der Waals surface area (Å²) in [6, 6.07) is 15.8. The van der Waals surface area contributed by atoms with Gasteiger partial charge in [0.15, 0.2) is 0 Å². The van der Waals surface area contributed by atoms with Crippen molar-refractivity contribution >= 4 is 40.3 Å². The molecule has 0 spiro atoms. The smallest absolute Gasteiger partial charge is 0.316 e. The number of benzene rings is 2. The summed E-state index contributed by atoms with van der Waals surface area (Å²) in [5.41, 5.74) is 10.1. The Labute approximate surface area is 219 Å². The van der Waals surface area contributed by atoms with Gasteiger partial charge in [-0.3, -0.25) is 4.79 Å². The largest absolute Gasteiger partial charge is 0.369 e. The number of nitrogens with two attached hydrogens (primary N) is 1. The van der Waals surface area contributed by atoms with Crippen LogP contribution in [0.25, 0.3) is 0 Å². The van der Waals surface area contributed by atoms with Crippen LogP contribution < -0.4 is 26.2 Å². The Morgan fingerprint density at radius 3 is 1.81 bits per heavy atom. The van der Waals surface area contributed by atoms with Gasteiger partial charge in [0.1, 0.15) is 0 Å². The predicted octanol–water partition coefficient (Wildman–Crippen LogP) is 5.36. The number of aliphatic imine (C=N–C) groups is 1. The minimum Gasteiger partial charge on any atom is -0.369 e. The Balaban J connectivity index is 1.89. The van der Waals surface area contributed by atoms with E-state index in [1.807, 2.05) is 48.5 Å². The van der Waals surface area contributed by atoms with Crippen LogP contribution in [0.3, 0.4) is 0 Å². The highest BCUT2D eigenvalue weighted by Gasteiger charge is 2.21. The van der Waals surface area contributed by atoms with E-state index in [4.69, 9.17) is 10.7 Å². The minimum atomic E-state index is -0.761. The van der Waals surface area contributed by atoms with Crippen molar-refractivity contribution in [3.63, 3.8) is 0 Å². The second-order valence-electron chi connectivity index (χ2n) is 9.41. The SMILES string of the molecule is CCN(c1ccc(/N=C2/C=C(Nc3ccc(N(CC)C(C)C)cc3)C(=O)C=C2NC(N)=O)cc1)C(C)C. The molecule has 0 aliphatic heterocycles. The van der Waals surface area contributed by atoms with Crippen LogP contribution >= 0.6 is 0 Å². The van der Waals surface area contributed by atoms with Gasteiger partial charge in [-0.2, -0.15) is 0 Å².